The van der Waals surface area contributed by atoms with Gasteiger partial charge in [-0.1, -0.05) is 15.9 Å². The van der Waals surface area contributed by atoms with Crippen LogP contribution in [0.4, 0.5) is 5.69 Å². The van der Waals surface area contributed by atoms with E-state index in [1.54, 1.807) is 7.11 Å². The molecule has 5 nitrogen and oxygen atoms in total. The van der Waals surface area contributed by atoms with Crippen LogP contribution in [0.5, 0.6) is 11.5 Å². The molecule has 3 rings (SSSR count). The molecule has 144 valence electrons. The van der Waals surface area contributed by atoms with Gasteiger partial charge in [-0.25, -0.2) is 0 Å². The molecule has 1 amide bonds. The maximum atomic E-state index is 12.8. The fourth-order valence-electron chi connectivity index (χ4n) is 3.21. The van der Waals surface area contributed by atoms with Crippen molar-refractivity contribution in [2.24, 2.45) is 0 Å². The van der Waals surface area contributed by atoms with Crippen LogP contribution in [0.1, 0.15) is 13.3 Å². The Balaban J connectivity index is 1.57. The van der Waals surface area contributed by atoms with Crippen molar-refractivity contribution in [2.75, 3.05) is 38.2 Å². The van der Waals surface area contributed by atoms with Gasteiger partial charge >= 0.3 is 0 Å². The maximum Gasteiger partial charge on any atom is 0.263 e. The van der Waals surface area contributed by atoms with Crippen LogP contribution >= 0.6 is 15.9 Å². The first kappa shape index (κ1) is 19.5. The Hall–Kier alpha value is -2.21. The molecule has 1 aliphatic heterocycles. The van der Waals surface area contributed by atoms with Gasteiger partial charge < -0.3 is 19.3 Å². The summed E-state index contributed by atoms with van der Waals surface area (Å²) in [6, 6.07) is 15.6. The summed E-state index contributed by atoms with van der Waals surface area (Å²) in [6.07, 6.45) is 0.432. The number of ether oxygens (including phenoxy) is 2. The zero-order valence-electron chi connectivity index (χ0n) is 15.7. The molecule has 1 aliphatic rings. The molecule has 0 spiro atoms. The first-order valence-corrected chi connectivity index (χ1v) is 9.96. The van der Waals surface area contributed by atoms with Gasteiger partial charge in [0, 0.05) is 36.3 Å². The number of anilines is 1. The van der Waals surface area contributed by atoms with E-state index in [1.165, 1.54) is 0 Å². The van der Waals surface area contributed by atoms with Crippen molar-refractivity contribution >= 4 is 27.5 Å². The summed E-state index contributed by atoms with van der Waals surface area (Å²) in [7, 11) is 1.67. The first-order valence-electron chi connectivity index (χ1n) is 9.17. The van der Waals surface area contributed by atoms with Crippen molar-refractivity contribution in [2.45, 2.75) is 19.4 Å². The monoisotopic (exact) mass is 432 g/mol. The fraction of sp³-hybridized carbons (Fsp3) is 0.381. The molecule has 0 saturated carbocycles. The predicted octanol–water partition coefficient (Wildman–Crippen LogP) is 3.96. The molecule has 0 aliphatic carbocycles. The average molecular weight is 433 g/mol. The van der Waals surface area contributed by atoms with Gasteiger partial charge in [0.1, 0.15) is 11.5 Å². The molecule has 0 aromatic heterocycles. The van der Waals surface area contributed by atoms with Gasteiger partial charge in [0.25, 0.3) is 5.91 Å². The van der Waals surface area contributed by atoms with E-state index in [0.717, 1.165) is 42.0 Å². The minimum absolute atomic E-state index is 0.0366. The fourth-order valence-corrected chi connectivity index (χ4v) is 3.48. The summed E-state index contributed by atoms with van der Waals surface area (Å²) >= 11 is 3.40. The Kier molecular flexibility index (Phi) is 6.61. The molecule has 1 unspecified atom stereocenters. The lowest BCUT2D eigenvalue weighted by atomic mass is 10.2. The van der Waals surface area contributed by atoms with Crippen molar-refractivity contribution < 1.29 is 14.3 Å². The number of rotatable bonds is 5. The molecule has 2 aromatic rings. The molecule has 1 saturated heterocycles. The SMILES string of the molecule is COc1ccc(N2CCCN(C(=O)C(C)Oc3ccc(Br)cc3)CC2)cc1. The minimum Gasteiger partial charge on any atom is -0.497 e. The molecule has 6 heteroatoms. The lowest BCUT2D eigenvalue weighted by molar-refractivity contribution is -0.137. The highest BCUT2D eigenvalue weighted by Gasteiger charge is 2.24. The van der Waals surface area contributed by atoms with Crippen molar-refractivity contribution in [3.63, 3.8) is 0 Å². The summed E-state index contributed by atoms with van der Waals surface area (Å²) in [5, 5.41) is 0. The van der Waals surface area contributed by atoms with Gasteiger partial charge in [-0.05, 0) is 61.9 Å². The molecule has 0 radical (unpaired) electrons. The van der Waals surface area contributed by atoms with E-state index in [1.807, 2.05) is 48.2 Å². The van der Waals surface area contributed by atoms with Crippen LogP contribution in [0.3, 0.4) is 0 Å². The lowest BCUT2D eigenvalue weighted by Gasteiger charge is -2.26. The number of hydrogen-bond donors (Lipinski definition) is 0. The molecule has 0 bridgehead atoms. The zero-order chi connectivity index (χ0) is 19.2. The number of hydrogen-bond acceptors (Lipinski definition) is 4. The van der Waals surface area contributed by atoms with Crippen LogP contribution in [0.15, 0.2) is 53.0 Å². The normalized spacial score (nSPS) is 15.8. The van der Waals surface area contributed by atoms with Crippen LogP contribution in [0.25, 0.3) is 0 Å². The van der Waals surface area contributed by atoms with E-state index in [-0.39, 0.29) is 5.91 Å². The Morgan fingerprint density at radius 2 is 1.63 bits per heavy atom. The van der Waals surface area contributed by atoms with Crippen molar-refractivity contribution in [1.29, 1.82) is 0 Å². The van der Waals surface area contributed by atoms with Crippen LogP contribution < -0.4 is 14.4 Å². The summed E-state index contributed by atoms with van der Waals surface area (Å²) in [5.74, 6) is 1.59. The number of nitrogens with zero attached hydrogens (tertiary/aromatic N) is 2. The van der Waals surface area contributed by atoms with Gasteiger partial charge in [-0.15, -0.1) is 0 Å². The quantitative estimate of drug-likeness (QED) is 0.716. The molecule has 1 atom stereocenters. The standard InChI is InChI=1S/C21H25BrN2O3/c1-16(27-20-8-4-17(22)5-9-20)21(25)24-13-3-12-23(14-15-24)18-6-10-19(26-2)11-7-18/h4-11,16H,3,12-15H2,1-2H3. The number of methoxy groups -OCH3 is 1. The van der Waals surface area contributed by atoms with E-state index in [0.29, 0.717) is 12.3 Å². The summed E-state index contributed by atoms with van der Waals surface area (Å²) in [6.45, 7) is 5.00. The highest BCUT2D eigenvalue weighted by Crippen LogP contribution is 2.21. The van der Waals surface area contributed by atoms with Gasteiger partial charge in [0.2, 0.25) is 0 Å². The number of carbonyl (C=O) groups is 1. The zero-order valence-corrected chi connectivity index (χ0v) is 17.3. The van der Waals surface area contributed by atoms with E-state index in [4.69, 9.17) is 9.47 Å². The molecule has 1 heterocycles. The molecular weight excluding hydrogens is 408 g/mol. The third kappa shape index (κ3) is 5.16. The van der Waals surface area contributed by atoms with Crippen LogP contribution in [-0.4, -0.2) is 50.2 Å². The van der Waals surface area contributed by atoms with Crippen molar-refractivity contribution in [3.05, 3.63) is 53.0 Å². The number of benzene rings is 2. The second-order valence-corrected chi connectivity index (χ2v) is 7.49. The molecule has 0 N–H and O–H groups in total. The van der Waals surface area contributed by atoms with E-state index in [2.05, 4.69) is 33.0 Å². The third-order valence-corrected chi connectivity index (χ3v) is 5.25. The number of amides is 1. The molecule has 2 aromatic carbocycles. The highest BCUT2D eigenvalue weighted by molar-refractivity contribution is 9.10. The Morgan fingerprint density at radius 3 is 2.30 bits per heavy atom. The van der Waals surface area contributed by atoms with Gasteiger partial charge in [0.15, 0.2) is 6.10 Å². The topological polar surface area (TPSA) is 42.0 Å². The maximum absolute atomic E-state index is 12.8. The molecule has 1 fully saturated rings. The van der Waals surface area contributed by atoms with Gasteiger partial charge in [0.05, 0.1) is 7.11 Å². The Morgan fingerprint density at radius 1 is 0.963 bits per heavy atom. The number of carbonyl (C=O) groups excluding carboxylic acids is 1. The van der Waals surface area contributed by atoms with Crippen molar-refractivity contribution in [3.8, 4) is 11.5 Å². The highest BCUT2D eigenvalue weighted by atomic mass is 79.9. The second kappa shape index (κ2) is 9.13. The Bertz CT molecular complexity index is 749. The Labute approximate surface area is 169 Å². The van der Waals surface area contributed by atoms with Crippen LogP contribution in [0.2, 0.25) is 0 Å². The number of halogens is 1. The average Bonchev–Trinajstić information content (AvgIpc) is 2.95. The summed E-state index contributed by atoms with van der Waals surface area (Å²) < 4.78 is 12.0. The third-order valence-electron chi connectivity index (χ3n) is 4.72. The van der Waals surface area contributed by atoms with E-state index >= 15 is 0 Å². The summed E-state index contributed by atoms with van der Waals surface area (Å²) in [4.78, 5) is 17.0. The van der Waals surface area contributed by atoms with Crippen LogP contribution in [-0.2, 0) is 4.79 Å². The second-order valence-electron chi connectivity index (χ2n) is 6.58. The van der Waals surface area contributed by atoms with Crippen molar-refractivity contribution in [1.82, 2.24) is 4.90 Å². The molecular formula is C21H25BrN2O3. The van der Waals surface area contributed by atoms with E-state index in [9.17, 15) is 4.79 Å². The predicted molar refractivity (Wildman–Crippen MR) is 111 cm³/mol. The minimum atomic E-state index is -0.501. The van der Waals surface area contributed by atoms with Gasteiger partial charge in [-0.2, -0.15) is 0 Å². The first-order chi connectivity index (χ1) is 13.1. The van der Waals surface area contributed by atoms with Gasteiger partial charge in [-0.3, -0.25) is 4.79 Å². The smallest absolute Gasteiger partial charge is 0.263 e. The van der Waals surface area contributed by atoms with Crippen LogP contribution in [0, 0.1) is 0 Å². The lowest BCUT2D eigenvalue weighted by Crippen LogP contribution is -2.42. The van der Waals surface area contributed by atoms with E-state index < -0.39 is 6.10 Å². The summed E-state index contributed by atoms with van der Waals surface area (Å²) in [5.41, 5.74) is 1.16. The largest absolute Gasteiger partial charge is 0.497 e. The molecule has 27 heavy (non-hydrogen) atoms.